The fourth-order valence-corrected chi connectivity index (χ4v) is 5.37. The maximum absolute atomic E-state index is 14.0. The lowest BCUT2D eigenvalue weighted by molar-refractivity contribution is 0.177. The molecule has 40 heavy (non-hydrogen) atoms. The number of nitrogens with zero attached hydrogens (tertiary/aromatic N) is 5. The minimum absolute atomic E-state index is 0.0442. The minimum atomic E-state index is -0.529. The first-order chi connectivity index (χ1) is 19.5. The van der Waals surface area contributed by atoms with E-state index in [-0.39, 0.29) is 24.0 Å². The number of para-hydroxylation sites is 1. The van der Waals surface area contributed by atoms with Crippen molar-refractivity contribution in [1.29, 1.82) is 0 Å². The third-order valence-electron chi connectivity index (χ3n) is 7.32. The summed E-state index contributed by atoms with van der Waals surface area (Å²) in [6.45, 7) is 2.52. The van der Waals surface area contributed by atoms with E-state index >= 15 is 0 Å². The average Bonchev–Trinajstić information content (AvgIpc) is 3.52. The average molecular weight is 546 g/mol. The lowest BCUT2D eigenvalue weighted by Crippen LogP contribution is -2.40. The number of anilines is 1. The molecule has 208 valence electrons. The molecule has 3 heterocycles. The van der Waals surface area contributed by atoms with Gasteiger partial charge in [-0.3, -0.25) is 5.32 Å². The second-order valence-electron chi connectivity index (χ2n) is 9.87. The molecule has 4 aromatic rings. The van der Waals surface area contributed by atoms with E-state index in [1.807, 2.05) is 43.3 Å². The van der Waals surface area contributed by atoms with Gasteiger partial charge in [0, 0.05) is 55.4 Å². The van der Waals surface area contributed by atoms with Crippen LogP contribution in [0.15, 0.2) is 61.1 Å². The summed E-state index contributed by atoms with van der Waals surface area (Å²) in [6, 6.07) is 12.5. The first-order valence-electron chi connectivity index (χ1n) is 13.2. The lowest BCUT2D eigenvalue weighted by Gasteiger charge is -2.22. The highest BCUT2D eigenvalue weighted by Crippen LogP contribution is 2.40. The number of hydrogen-bond acceptors (Lipinski definition) is 7. The van der Waals surface area contributed by atoms with Crippen LogP contribution < -0.4 is 15.4 Å². The predicted octanol–water partition coefficient (Wildman–Crippen LogP) is 4.90. The van der Waals surface area contributed by atoms with Gasteiger partial charge in [0.15, 0.2) is 0 Å². The Hall–Kier alpha value is -4.38. The molecule has 0 bridgehead atoms. The van der Waals surface area contributed by atoms with Crippen molar-refractivity contribution in [3.63, 3.8) is 0 Å². The molecule has 3 atom stereocenters. The topological polar surface area (TPSA) is 116 Å². The van der Waals surface area contributed by atoms with Crippen molar-refractivity contribution in [2.75, 3.05) is 26.1 Å². The van der Waals surface area contributed by atoms with Crippen LogP contribution in [0.2, 0.25) is 0 Å². The number of pyridine rings is 1. The molecule has 1 saturated carbocycles. The second kappa shape index (κ2) is 12.2. The van der Waals surface area contributed by atoms with Crippen LogP contribution in [-0.4, -0.2) is 57.6 Å². The van der Waals surface area contributed by atoms with Gasteiger partial charge >= 0.3 is 12.0 Å². The number of benzene rings is 1. The van der Waals surface area contributed by atoms with Crippen molar-refractivity contribution >= 4 is 11.8 Å². The standard InChI is InChI=1S/C29H32FN7O3/c1-18-26(21-16-32-29(40-3)33-17-21)36-37(22-7-5-4-6-8-22)27(18)35-28(38)34-24-14-19(10-12-39-2)13-23(24)20-9-11-31-25(30)15-20/h4-9,11,15-17,19,23-24H,10,12-14H2,1-3H3,(H2,34,35,38)/t19-,23-,24+/m0/s1. The van der Waals surface area contributed by atoms with E-state index in [4.69, 9.17) is 14.6 Å². The highest BCUT2D eigenvalue weighted by molar-refractivity contribution is 5.91. The number of urea groups is 1. The van der Waals surface area contributed by atoms with Crippen LogP contribution in [0.3, 0.4) is 0 Å². The summed E-state index contributed by atoms with van der Waals surface area (Å²) in [7, 11) is 3.18. The van der Waals surface area contributed by atoms with E-state index in [0.717, 1.165) is 36.1 Å². The van der Waals surface area contributed by atoms with Gasteiger partial charge in [0.2, 0.25) is 5.95 Å². The number of rotatable bonds is 9. The number of carbonyl (C=O) groups excluding carboxylic acids is 1. The fourth-order valence-electron chi connectivity index (χ4n) is 5.37. The van der Waals surface area contributed by atoms with Crippen LogP contribution in [-0.2, 0) is 4.74 Å². The summed E-state index contributed by atoms with van der Waals surface area (Å²) in [5, 5.41) is 11.0. The molecule has 0 spiro atoms. The highest BCUT2D eigenvalue weighted by atomic mass is 19.1. The van der Waals surface area contributed by atoms with Crippen LogP contribution in [0.25, 0.3) is 16.9 Å². The van der Waals surface area contributed by atoms with E-state index in [2.05, 4.69) is 25.6 Å². The molecule has 2 amide bonds. The number of carbonyl (C=O) groups is 1. The first kappa shape index (κ1) is 27.2. The number of aromatic nitrogens is 5. The summed E-state index contributed by atoms with van der Waals surface area (Å²) in [6.07, 6.45) is 7.19. The summed E-state index contributed by atoms with van der Waals surface area (Å²) >= 11 is 0. The molecule has 3 aromatic heterocycles. The number of hydrogen-bond donors (Lipinski definition) is 2. The van der Waals surface area contributed by atoms with Gasteiger partial charge < -0.3 is 14.8 Å². The molecule has 1 fully saturated rings. The molecule has 1 aliphatic carbocycles. The number of nitrogens with one attached hydrogen (secondary N) is 2. The molecular weight excluding hydrogens is 513 g/mol. The zero-order valence-electron chi connectivity index (χ0n) is 22.7. The van der Waals surface area contributed by atoms with Crippen LogP contribution in [0.1, 0.15) is 36.3 Å². The van der Waals surface area contributed by atoms with Crippen molar-refractivity contribution in [3.8, 4) is 23.0 Å². The van der Waals surface area contributed by atoms with Gasteiger partial charge in [0.05, 0.1) is 12.8 Å². The second-order valence-corrected chi connectivity index (χ2v) is 9.87. The van der Waals surface area contributed by atoms with Gasteiger partial charge in [0.1, 0.15) is 11.5 Å². The summed E-state index contributed by atoms with van der Waals surface area (Å²) < 4.78 is 26.0. The van der Waals surface area contributed by atoms with E-state index in [9.17, 15) is 9.18 Å². The van der Waals surface area contributed by atoms with Crippen molar-refractivity contribution in [2.24, 2.45) is 5.92 Å². The van der Waals surface area contributed by atoms with Gasteiger partial charge in [-0.05, 0) is 61.9 Å². The Labute approximate surface area is 232 Å². The van der Waals surface area contributed by atoms with Crippen LogP contribution in [0.4, 0.5) is 15.0 Å². The Morgan fingerprint density at radius 3 is 2.58 bits per heavy atom. The van der Waals surface area contributed by atoms with Crippen LogP contribution in [0, 0.1) is 18.8 Å². The monoisotopic (exact) mass is 545 g/mol. The zero-order chi connectivity index (χ0) is 28.1. The highest BCUT2D eigenvalue weighted by Gasteiger charge is 2.36. The van der Waals surface area contributed by atoms with Gasteiger partial charge in [-0.2, -0.15) is 9.49 Å². The molecule has 0 unspecified atom stereocenters. The zero-order valence-corrected chi connectivity index (χ0v) is 22.7. The lowest BCUT2D eigenvalue weighted by atomic mass is 9.94. The smallest absolute Gasteiger partial charge is 0.320 e. The fraction of sp³-hybridized carbons (Fsp3) is 0.345. The molecule has 11 heteroatoms. The van der Waals surface area contributed by atoms with Crippen molar-refractivity contribution < 1.29 is 18.7 Å². The molecule has 1 aromatic carbocycles. The molecule has 10 nitrogen and oxygen atoms in total. The molecule has 2 N–H and O–H groups in total. The number of ether oxygens (including phenoxy) is 2. The summed E-state index contributed by atoms with van der Waals surface area (Å²) in [5.41, 5.74) is 3.68. The number of methoxy groups -OCH3 is 2. The van der Waals surface area contributed by atoms with E-state index < -0.39 is 5.95 Å². The van der Waals surface area contributed by atoms with E-state index in [1.165, 1.54) is 19.4 Å². The molecule has 5 rings (SSSR count). The Bertz CT molecular complexity index is 1450. The van der Waals surface area contributed by atoms with E-state index in [1.54, 1.807) is 24.2 Å². The molecule has 0 radical (unpaired) electrons. The number of amides is 2. The Kier molecular flexibility index (Phi) is 8.30. The summed E-state index contributed by atoms with van der Waals surface area (Å²) in [4.78, 5) is 25.6. The van der Waals surface area contributed by atoms with Crippen molar-refractivity contribution in [3.05, 3.63) is 78.1 Å². The number of halogens is 1. The maximum Gasteiger partial charge on any atom is 0.320 e. The largest absolute Gasteiger partial charge is 0.467 e. The predicted molar refractivity (Wildman–Crippen MR) is 148 cm³/mol. The molecule has 1 aliphatic rings. The third kappa shape index (κ3) is 5.94. The van der Waals surface area contributed by atoms with Crippen LogP contribution >= 0.6 is 0 Å². The van der Waals surface area contributed by atoms with Gasteiger partial charge in [-0.25, -0.2) is 24.4 Å². The van der Waals surface area contributed by atoms with Crippen molar-refractivity contribution in [1.82, 2.24) is 30.0 Å². The maximum atomic E-state index is 14.0. The van der Waals surface area contributed by atoms with Gasteiger partial charge in [-0.15, -0.1) is 0 Å². The Morgan fingerprint density at radius 2 is 1.88 bits per heavy atom. The first-order valence-corrected chi connectivity index (χ1v) is 13.2. The minimum Gasteiger partial charge on any atom is -0.467 e. The van der Waals surface area contributed by atoms with Gasteiger partial charge in [0.25, 0.3) is 0 Å². The molecular formula is C29H32FN7O3. The third-order valence-corrected chi connectivity index (χ3v) is 7.32. The molecule has 0 aliphatic heterocycles. The molecule has 0 saturated heterocycles. The Morgan fingerprint density at radius 1 is 1.10 bits per heavy atom. The normalized spacial score (nSPS) is 18.4. The van der Waals surface area contributed by atoms with Crippen molar-refractivity contribution in [2.45, 2.75) is 38.1 Å². The van der Waals surface area contributed by atoms with Gasteiger partial charge in [-0.1, -0.05) is 18.2 Å². The SMILES string of the molecule is COCC[C@@H]1C[C@@H](NC(=O)Nc2c(C)c(-c3cnc(OC)nc3)nn2-c2ccccc2)[C@H](c2ccnc(F)c2)C1. The summed E-state index contributed by atoms with van der Waals surface area (Å²) in [5.74, 6) is 0.287. The Balaban J connectivity index is 1.42. The van der Waals surface area contributed by atoms with E-state index in [0.29, 0.717) is 29.6 Å². The quantitative estimate of drug-likeness (QED) is 0.287. The van der Waals surface area contributed by atoms with Crippen LogP contribution in [0.5, 0.6) is 6.01 Å².